The Labute approximate surface area is 192 Å². The predicted octanol–water partition coefficient (Wildman–Crippen LogP) is 3.80. The molecule has 2 aliphatic heterocycles. The van der Waals surface area contributed by atoms with Crippen LogP contribution in [0.5, 0.6) is 0 Å². The van der Waals surface area contributed by atoms with E-state index in [0.29, 0.717) is 37.6 Å². The van der Waals surface area contributed by atoms with Gasteiger partial charge in [0.05, 0.1) is 18.1 Å². The lowest BCUT2D eigenvalue weighted by molar-refractivity contribution is -0.384. The fraction of sp³-hybridized carbons (Fsp3) is 0.435. The Morgan fingerprint density at radius 1 is 1.09 bits per heavy atom. The van der Waals surface area contributed by atoms with Gasteiger partial charge >= 0.3 is 0 Å². The third kappa shape index (κ3) is 5.56. The van der Waals surface area contributed by atoms with E-state index in [0.717, 1.165) is 37.5 Å². The highest BCUT2D eigenvalue weighted by molar-refractivity contribution is 6.30. The number of amides is 1. The zero-order valence-corrected chi connectivity index (χ0v) is 18.6. The number of carbonyl (C=O) groups is 1. The molecule has 2 aliphatic rings. The predicted molar refractivity (Wildman–Crippen MR) is 123 cm³/mol. The molecule has 2 saturated heterocycles. The number of nitro benzene ring substituents is 1. The van der Waals surface area contributed by atoms with Gasteiger partial charge in [0.1, 0.15) is 5.69 Å². The molecule has 0 unspecified atom stereocenters. The maximum Gasteiger partial charge on any atom is 0.293 e. The first-order valence-electron chi connectivity index (χ1n) is 10.9. The van der Waals surface area contributed by atoms with Crippen LogP contribution in [0.3, 0.4) is 0 Å². The van der Waals surface area contributed by atoms with Gasteiger partial charge in [0.15, 0.2) is 0 Å². The third-order valence-corrected chi connectivity index (χ3v) is 6.26. The molecular weight excluding hydrogens is 432 g/mol. The van der Waals surface area contributed by atoms with E-state index >= 15 is 0 Å². The average Bonchev–Trinajstić information content (AvgIpc) is 2.82. The number of hydrogen-bond donors (Lipinski definition) is 1. The number of nitrogens with zero attached hydrogens (tertiary/aromatic N) is 3. The van der Waals surface area contributed by atoms with Crippen molar-refractivity contribution in [2.24, 2.45) is 0 Å². The second-order valence-corrected chi connectivity index (χ2v) is 8.65. The van der Waals surface area contributed by atoms with Crippen molar-refractivity contribution in [1.29, 1.82) is 0 Å². The zero-order valence-electron chi connectivity index (χ0n) is 17.8. The van der Waals surface area contributed by atoms with Crippen molar-refractivity contribution >= 4 is 28.9 Å². The molecule has 32 heavy (non-hydrogen) atoms. The van der Waals surface area contributed by atoms with E-state index in [1.807, 2.05) is 24.3 Å². The van der Waals surface area contributed by atoms with Crippen LogP contribution in [-0.4, -0.2) is 66.1 Å². The van der Waals surface area contributed by atoms with Crippen molar-refractivity contribution in [3.63, 3.8) is 0 Å². The number of piperidine rings is 1. The lowest BCUT2D eigenvalue weighted by Crippen LogP contribution is -2.40. The standard InChI is InChI=1S/C23H27ClN4O4/c24-19-4-1-17(2-5-19)16-26-9-7-20(8-10-26)25-21-6-3-18(15-22(21)28(30)31)23(29)27-11-13-32-14-12-27/h1-6,15,20,25H,7-14,16H2. The molecule has 0 atom stereocenters. The summed E-state index contributed by atoms with van der Waals surface area (Å²) >= 11 is 5.96. The van der Waals surface area contributed by atoms with Crippen molar-refractivity contribution in [3.8, 4) is 0 Å². The Morgan fingerprint density at radius 2 is 1.78 bits per heavy atom. The Balaban J connectivity index is 1.37. The summed E-state index contributed by atoms with van der Waals surface area (Å²) in [6, 6.07) is 12.7. The summed E-state index contributed by atoms with van der Waals surface area (Å²) in [7, 11) is 0. The molecule has 2 aromatic carbocycles. The Bertz CT molecular complexity index is 955. The fourth-order valence-electron chi connectivity index (χ4n) is 4.19. The van der Waals surface area contributed by atoms with Crippen molar-refractivity contribution in [3.05, 3.63) is 68.7 Å². The normalized spacial score (nSPS) is 17.8. The number of halogens is 1. The van der Waals surface area contributed by atoms with Crippen molar-refractivity contribution in [2.75, 3.05) is 44.7 Å². The molecule has 8 nitrogen and oxygen atoms in total. The van der Waals surface area contributed by atoms with E-state index in [4.69, 9.17) is 16.3 Å². The molecule has 2 aromatic rings. The highest BCUT2D eigenvalue weighted by Crippen LogP contribution is 2.29. The molecule has 170 valence electrons. The van der Waals surface area contributed by atoms with Gasteiger partial charge in [0.2, 0.25) is 0 Å². The first kappa shape index (κ1) is 22.5. The minimum Gasteiger partial charge on any atom is -0.378 e. The topological polar surface area (TPSA) is 88.0 Å². The van der Waals surface area contributed by atoms with Crippen LogP contribution >= 0.6 is 11.6 Å². The van der Waals surface area contributed by atoms with Crippen molar-refractivity contribution in [2.45, 2.75) is 25.4 Å². The molecule has 1 N–H and O–H groups in total. The van der Waals surface area contributed by atoms with Gasteiger partial charge in [-0.2, -0.15) is 0 Å². The summed E-state index contributed by atoms with van der Waals surface area (Å²) in [6.07, 6.45) is 1.78. The SMILES string of the molecule is O=C(c1ccc(NC2CCN(Cc3ccc(Cl)cc3)CC2)c([N+](=O)[O-])c1)N1CCOCC1. The van der Waals surface area contributed by atoms with Gasteiger partial charge in [-0.1, -0.05) is 23.7 Å². The number of morpholine rings is 1. The second kappa shape index (κ2) is 10.3. The minimum absolute atomic E-state index is 0.0623. The van der Waals surface area contributed by atoms with Crippen LogP contribution in [0.25, 0.3) is 0 Å². The number of nitrogens with one attached hydrogen (secondary N) is 1. The Morgan fingerprint density at radius 3 is 2.44 bits per heavy atom. The Kier molecular flexibility index (Phi) is 7.24. The number of benzene rings is 2. The number of anilines is 1. The van der Waals surface area contributed by atoms with Gasteiger partial charge in [-0.05, 0) is 42.7 Å². The first-order chi connectivity index (χ1) is 15.5. The first-order valence-corrected chi connectivity index (χ1v) is 11.3. The van der Waals surface area contributed by atoms with E-state index in [1.54, 1.807) is 17.0 Å². The average molecular weight is 459 g/mol. The Hall–Kier alpha value is -2.68. The minimum atomic E-state index is -0.423. The molecular formula is C23H27ClN4O4. The lowest BCUT2D eigenvalue weighted by Gasteiger charge is -2.32. The van der Waals surface area contributed by atoms with Crippen molar-refractivity contribution < 1.29 is 14.5 Å². The van der Waals surface area contributed by atoms with Gasteiger partial charge in [-0.15, -0.1) is 0 Å². The summed E-state index contributed by atoms with van der Waals surface area (Å²) < 4.78 is 5.28. The monoisotopic (exact) mass is 458 g/mol. The van der Waals surface area contributed by atoms with Gasteiger partial charge in [-0.3, -0.25) is 19.8 Å². The number of carbonyl (C=O) groups excluding carboxylic acids is 1. The zero-order chi connectivity index (χ0) is 22.5. The molecule has 0 aliphatic carbocycles. The highest BCUT2D eigenvalue weighted by atomic mass is 35.5. The molecule has 9 heteroatoms. The summed E-state index contributed by atoms with van der Waals surface area (Å²) in [5.74, 6) is -0.196. The van der Waals surface area contributed by atoms with Gasteiger partial charge in [0, 0.05) is 55.4 Å². The van der Waals surface area contributed by atoms with Crippen LogP contribution in [0.15, 0.2) is 42.5 Å². The second-order valence-electron chi connectivity index (χ2n) is 8.21. The molecule has 0 aromatic heterocycles. The smallest absolute Gasteiger partial charge is 0.293 e. The lowest BCUT2D eigenvalue weighted by atomic mass is 10.0. The fourth-order valence-corrected chi connectivity index (χ4v) is 4.32. The van der Waals surface area contributed by atoms with Crippen LogP contribution in [0.2, 0.25) is 5.02 Å². The summed E-state index contributed by atoms with van der Waals surface area (Å²) in [6.45, 7) is 4.66. The van der Waals surface area contributed by atoms with E-state index < -0.39 is 4.92 Å². The number of hydrogen-bond acceptors (Lipinski definition) is 6. The largest absolute Gasteiger partial charge is 0.378 e. The van der Waals surface area contributed by atoms with Crippen LogP contribution in [0.1, 0.15) is 28.8 Å². The number of nitro groups is 1. The summed E-state index contributed by atoms with van der Waals surface area (Å²) in [5, 5.41) is 15.8. The third-order valence-electron chi connectivity index (χ3n) is 6.01. The van der Waals surface area contributed by atoms with Gasteiger partial charge in [0.25, 0.3) is 11.6 Å². The molecule has 0 spiro atoms. The number of rotatable bonds is 6. The van der Waals surface area contributed by atoms with Crippen LogP contribution in [0, 0.1) is 10.1 Å². The molecule has 2 heterocycles. The maximum absolute atomic E-state index is 12.7. The van der Waals surface area contributed by atoms with E-state index in [9.17, 15) is 14.9 Å². The van der Waals surface area contributed by atoms with Crippen LogP contribution in [0.4, 0.5) is 11.4 Å². The van der Waals surface area contributed by atoms with Gasteiger partial charge < -0.3 is 15.0 Å². The van der Waals surface area contributed by atoms with E-state index in [1.165, 1.54) is 11.6 Å². The van der Waals surface area contributed by atoms with Crippen LogP contribution in [-0.2, 0) is 11.3 Å². The summed E-state index contributed by atoms with van der Waals surface area (Å²) in [5.41, 5.74) is 1.95. The quantitative estimate of drug-likeness (QED) is 0.523. The van der Waals surface area contributed by atoms with E-state index in [-0.39, 0.29) is 17.6 Å². The molecule has 4 rings (SSSR count). The summed E-state index contributed by atoms with van der Waals surface area (Å²) in [4.78, 5) is 28.0. The number of ether oxygens (including phenoxy) is 1. The van der Waals surface area contributed by atoms with Gasteiger partial charge in [-0.25, -0.2) is 0 Å². The molecule has 2 fully saturated rings. The van der Waals surface area contributed by atoms with Crippen LogP contribution < -0.4 is 5.32 Å². The molecule has 0 saturated carbocycles. The molecule has 1 amide bonds. The van der Waals surface area contributed by atoms with E-state index in [2.05, 4.69) is 10.2 Å². The number of likely N-dealkylation sites (tertiary alicyclic amines) is 1. The van der Waals surface area contributed by atoms with Crippen molar-refractivity contribution in [1.82, 2.24) is 9.80 Å². The molecule has 0 bridgehead atoms. The maximum atomic E-state index is 12.7. The highest BCUT2D eigenvalue weighted by Gasteiger charge is 2.25. The molecule has 0 radical (unpaired) electrons.